The highest BCUT2D eigenvalue weighted by molar-refractivity contribution is 7.94. The minimum Gasteiger partial charge on any atom is -0.476 e. The van der Waals surface area contributed by atoms with Crippen LogP contribution >= 0.6 is 11.3 Å². The van der Waals surface area contributed by atoms with E-state index in [9.17, 15) is 13.2 Å². The van der Waals surface area contributed by atoms with E-state index in [1.807, 2.05) is 0 Å². The number of nitrogens with one attached hydrogen (secondary N) is 1. The van der Waals surface area contributed by atoms with Crippen LogP contribution in [-0.4, -0.2) is 24.5 Å². The number of sulfonamides is 1. The van der Waals surface area contributed by atoms with Crippen molar-refractivity contribution in [3.63, 3.8) is 0 Å². The number of hydrogen-bond acceptors (Lipinski definition) is 5. The van der Waals surface area contributed by atoms with Gasteiger partial charge in [-0.1, -0.05) is 0 Å². The van der Waals surface area contributed by atoms with Gasteiger partial charge >= 0.3 is 5.97 Å². The molecule has 2 aromatic rings. The van der Waals surface area contributed by atoms with Gasteiger partial charge in [0.25, 0.3) is 10.0 Å². The van der Waals surface area contributed by atoms with Crippen LogP contribution in [-0.2, 0) is 10.0 Å². The second-order valence-corrected chi connectivity index (χ2v) is 6.87. The lowest BCUT2D eigenvalue weighted by Gasteiger charge is -2.07. The molecule has 0 atom stereocenters. The highest BCUT2D eigenvalue weighted by Crippen LogP contribution is 2.24. The Hall–Kier alpha value is -1.93. The molecule has 0 aromatic carbocycles. The molecule has 19 heavy (non-hydrogen) atoms. The fourth-order valence-electron chi connectivity index (χ4n) is 1.41. The zero-order valence-corrected chi connectivity index (χ0v) is 11.5. The van der Waals surface area contributed by atoms with Crippen LogP contribution in [0.2, 0.25) is 0 Å². The number of anilines is 1. The highest BCUT2D eigenvalue weighted by atomic mass is 32.2. The molecule has 0 fully saturated rings. The third-order valence-electron chi connectivity index (χ3n) is 2.24. The number of carboxylic acids is 1. The van der Waals surface area contributed by atoms with Crippen molar-refractivity contribution in [3.05, 3.63) is 41.0 Å². The van der Waals surface area contributed by atoms with Gasteiger partial charge in [-0.15, -0.1) is 11.3 Å². The van der Waals surface area contributed by atoms with Crippen molar-refractivity contribution in [1.82, 2.24) is 4.98 Å². The molecular formula is C11H10N2O4S2. The highest BCUT2D eigenvalue weighted by Gasteiger charge is 2.20. The first kappa shape index (κ1) is 13.5. The molecule has 0 radical (unpaired) electrons. The van der Waals surface area contributed by atoms with E-state index in [2.05, 4.69) is 9.71 Å². The molecule has 0 amide bonds. The second-order valence-electron chi connectivity index (χ2n) is 3.68. The number of aromatic carboxylic acids is 1. The van der Waals surface area contributed by atoms with Gasteiger partial charge in [0.05, 0.1) is 5.69 Å². The van der Waals surface area contributed by atoms with E-state index in [0.717, 1.165) is 16.2 Å². The van der Waals surface area contributed by atoms with Gasteiger partial charge in [-0.2, -0.15) is 0 Å². The third kappa shape index (κ3) is 2.91. The Balaban J connectivity index is 2.39. The molecule has 0 unspecified atom stereocenters. The molecule has 0 saturated heterocycles. The molecule has 2 rings (SSSR count). The van der Waals surface area contributed by atoms with Gasteiger partial charge in [-0.3, -0.25) is 4.72 Å². The van der Waals surface area contributed by atoms with Crippen LogP contribution in [0.25, 0.3) is 0 Å². The number of aryl methyl sites for hydroxylation is 1. The van der Waals surface area contributed by atoms with Gasteiger partial charge < -0.3 is 5.11 Å². The minimum atomic E-state index is -3.78. The van der Waals surface area contributed by atoms with Crippen molar-refractivity contribution in [2.75, 3.05) is 4.72 Å². The Morgan fingerprint density at radius 2 is 2.11 bits per heavy atom. The zero-order chi connectivity index (χ0) is 14.0. The number of hydrogen-bond donors (Lipinski definition) is 2. The van der Waals surface area contributed by atoms with Crippen LogP contribution in [0.5, 0.6) is 0 Å². The molecule has 0 aliphatic carbocycles. The predicted molar refractivity (Wildman–Crippen MR) is 71.1 cm³/mol. The van der Waals surface area contributed by atoms with Gasteiger partial charge in [-0.05, 0) is 31.2 Å². The molecule has 2 heterocycles. The summed E-state index contributed by atoms with van der Waals surface area (Å²) < 4.78 is 26.5. The normalized spacial score (nSPS) is 11.2. The number of pyridine rings is 1. The first-order chi connectivity index (χ1) is 8.90. The van der Waals surface area contributed by atoms with E-state index in [4.69, 9.17) is 5.11 Å². The summed E-state index contributed by atoms with van der Waals surface area (Å²) in [5.74, 6) is -1.29. The summed E-state index contributed by atoms with van der Waals surface area (Å²) in [5, 5.41) is 8.94. The van der Waals surface area contributed by atoms with Gasteiger partial charge in [0.15, 0.2) is 5.69 Å². The molecule has 100 valence electrons. The van der Waals surface area contributed by atoms with Gasteiger partial charge in [-0.25, -0.2) is 18.2 Å². The summed E-state index contributed by atoms with van der Waals surface area (Å²) in [4.78, 5) is 15.4. The lowest BCUT2D eigenvalue weighted by atomic mass is 10.3. The Kier molecular flexibility index (Phi) is 3.54. The molecular weight excluding hydrogens is 288 g/mol. The molecule has 2 N–H and O–H groups in total. The van der Waals surface area contributed by atoms with Crippen molar-refractivity contribution in [3.8, 4) is 0 Å². The molecule has 0 bridgehead atoms. The molecule has 0 saturated carbocycles. The lowest BCUT2D eigenvalue weighted by Crippen LogP contribution is -2.15. The van der Waals surface area contributed by atoms with Crippen LogP contribution in [0.4, 0.5) is 5.69 Å². The minimum absolute atomic E-state index is 0.0546. The summed E-state index contributed by atoms with van der Waals surface area (Å²) in [6, 6.07) is 5.97. The maximum absolute atomic E-state index is 12.1. The lowest BCUT2D eigenvalue weighted by molar-refractivity contribution is 0.0692. The Labute approximate surface area is 113 Å². The maximum atomic E-state index is 12.1. The van der Waals surface area contributed by atoms with E-state index in [1.54, 1.807) is 13.0 Å². The first-order valence-corrected chi connectivity index (χ1v) is 7.48. The Morgan fingerprint density at radius 1 is 1.37 bits per heavy atom. The van der Waals surface area contributed by atoms with Gasteiger partial charge in [0.2, 0.25) is 0 Å². The fourth-order valence-corrected chi connectivity index (χ4v) is 3.76. The molecule has 0 spiro atoms. The van der Waals surface area contributed by atoms with E-state index >= 15 is 0 Å². The Morgan fingerprint density at radius 3 is 2.68 bits per heavy atom. The fraction of sp³-hybridized carbons (Fsp3) is 0.0909. The average molecular weight is 298 g/mol. The summed E-state index contributed by atoms with van der Waals surface area (Å²) in [5.41, 5.74) is -0.389. The molecule has 0 aliphatic heterocycles. The second kappa shape index (κ2) is 4.98. The van der Waals surface area contributed by atoms with Crippen LogP contribution in [0, 0.1) is 6.92 Å². The van der Waals surface area contributed by atoms with E-state index in [0.29, 0.717) is 0 Å². The van der Waals surface area contributed by atoms with E-state index < -0.39 is 16.0 Å². The standard InChI is InChI=1S/C11H10N2O4S2/c1-7-4-5-9(18-7)19(16,17)13-8-3-2-6-12-10(8)11(14)15/h2-6,13H,1H3,(H,14,15). The maximum Gasteiger partial charge on any atom is 0.356 e. The van der Waals surface area contributed by atoms with Crippen molar-refractivity contribution in [2.45, 2.75) is 11.1 Å². The molecule has 8 heteroatoms. The number of nitrogens with zero attached hydrogens (tertiary/aromatic N) is 1. The zero-order valence-electron chi connectivity index (χ0n) is 9.82. The third-order valence-corrected chi connectivity index (χ3v) is 5.09. The summed E-state index contributed by atoms with van der Waals surface area (Å²) >= 11 is 1.11. The SMILES string of the molecule is Cc1ccc(S(=O)(=O)Nc2cccnc2C(=O)O)s1. The molecule has 0 aliphatic rings. The van der Waals surface area contributed by atoms with Gasteiger partial charge in [0.1, 0.15) is 4.21 Å². The van der Waals surface area contributed by atoms with Crippen LogP contribution in [0.1, 0.15) is 15.4 Å². The van der Waals surface area contributed by atoms with Crippen LogP contribution in [0.15, 0.2) is 34.7 Å². The number of rotatable bonds is 4. The predicted octanol–water partition coefficient (Wildman–Crippen LogP) is 1.95. The number of carbonyl (C=O) groups is 1. The summed E-state index contributed by atoms with van der Waals surface area (Å²) in [7, 11) is -3.78. The van der Waals surface area contributed by atoms with Crippen LogP contribution < -0.4 is 4.72 Å². The van der Waals surface area contributed by atoms with E-state index in [1.165, 1.54) is 24.4 Å². The number of thiophene rings is 1. The molecule has 2 aromatic heterocycles. The van der Waals surface area contributed by atoms with Crippen molar-refractivity contribution in [2.24, 2.45) is 0 Å². The monoisotopic (exact) mass is 298 g/mol. The number of aromatic nitrogens is 1. The quantitative estimate of drug-likeness (QED) is 0.899. The summed E-state index contributed by atoms with van der Waals surface area (Å²) in [6.07, 6.45) is 1.29. The smallest absolute Gasteiger partial charge is 0.356 e. The van der Waals surface area contributed by atoms with Crippen molar-refractivity contribution in [1.29, 1.82) is 0 Å². The first-order valence-electron chi connectivity index (χ1n) is 5.18. The van der Waals surface area contributed by atoms with Crippen LogP contribution in [0.3, 0.4) is 0 Å². The summed E-state index contributed by atoms with van der Waals surface area (Å²) in [6.45, 7) is 1.79. The Bertz CT molecular complexity index is 722. The topological polar surface area (TPSA) is 96.4 Å². The van der Waals surface area contributed by atoms with E-state index in [-0.39, 0.29) is 15.6 Å². The average Bonchev–Trinajstić information content (AvgIpc) is 2.76. The van der Waals surface area contributed by atoms with Crippen molar-refractivity contribution < 1.29 is 18.3 Å². The van der Waals surface area contributed by atoms with Crippen molar-refractivity contribution >= 4 is 33.0 Å². The molecule has 6 nitrogen and oxygen atoms in total. The number of carboxylic acid groups (broad SMARTS) is 1. The largest absolute Gasteiger partial charge is 0.476 e. The van der Waals surface area contributed by atoms with Gasteiger partial charge in [0, 0.05) is 11.1 Å².